The first kappa shape index (κ1) is 16.5. The maximum atomic E-state index is 10.8. The minimum atomic E-state index is 0.157. The van der Waals surface area contributed by atoms with Crippen LogP contribution in [0.5, 0.6) is 0 Å². The average molecular weight is 328 g/mol. The number of benzene rings is 1. The summed E-state index contributed by atoms with van der Waals surface area (Å²) in [7, 11) is 0. The van der Waals surface area contributed by atoms with Crippen LogP contribution in [-0.2, 0) is 0 Å². The van der Waals surface area contributed by atoms with Gasteiger partial charge in [-0.1, -0.05) is 49.6 Å². The van der Waals surface area contributed by atoms with Crippen molar-refractivity contribution in [2.75, 3.05) is 13.1 Å². The number of aliphatic imine (C=N–C) groups is 1. The summed E-state index contributed by atoms with van der Waals surface area (Å²) in [6.07, 6.45) is 5.91. The quantitative estimate of drug-likeness (QED) is 0.452. The number of hydrogen-bond acceptors (Lipinski definition) is 3. The van der Waals surface area contributed by atoms with Gasteiger partial charge in [-0.2, -0.15) is 0 Å². The highest BCUT2D eigenvalue weighted by atomic mass is 16.3. The van der Waals surface area contributed by atoms with Gasteiger partial charge < -0.3 is 5.32 Å². The van der Waals surface area contributed by atoms with E-state index in [1.165, 1.54) is 23.1 Å². The SMILES string of the molecule is CC1(C)CC=C(c2cccc(C3CN=C(N[N+](N)=O)NC3)c2)CC1. The minimum absolute atomic E-state index is 0.157. The van der Waals surface area contributed by atoms with Crippen LogP contribution in [0.1, 0.15) is 50.2 Å². The summed E-state index contributed by atoms with van der Waals surface area (Å²) in [5.41, 5.74) is 6.89. The van der Waals surface area contributed by atoms with E-state index in [2.05, 4.69) is 59.9 Å². The molecule has 6 nitrogen and oxygen atoms in total. The molecule has 3 rings (SSSR count). The van der Waals surface area contributed by atoms with E-state index in [1.54, 1.807) is 0 Å². The third-order valence-electron chi connectivity index (χ3n) is 4.90. The number of nitrogens with two attached hydrogens (primary N) is 1. The average Bonchev–Trinajstić information content (AvgIpc) is 2.55. The second-order valence-electron chi connectivity index (χ2n) is 7.43. The van der Waals surface area contributed by atoms with Crippen molar-refractivity contribution in [3.63, 3.8) is 0 Å². The van der Waals surface area contributed by atoms with Crippen molar-refractivity contribution in [1.82, 2.24) is 10.7 Å². The van der Waals surface area contributed by atoms with Gasteiger partial charge in [-0.15, -0.1) is 5.84 Å². The lowest BCUT2D eigenvalue weighted by Gasteiger charge is -2.29. The van der Waals surface area contributed by atoms with E-state index >= 15 is 0 Å². The minimum Gasteiger partial charge on any atom is -0.351 e. The molecule has 4 N–H and O–H groups in total. The number of hydrazine groups is 2. The zero-order valence-corrected chi connectivity index (χ0v) is 14.4. The van der Waals surface area contributed by atoms with Crippen molar-refractivity contribution in [1.29, 1.82) is 0 Å². The number of rotatable bonds is 3. The molecule has 6 heteroatoms. The van der Waals surface area contributed by atoms with Gasteiger partial charge in [-0.25, -0.2) is 4.99 Å². The molecular formula is C18H26N5O+. The maximum absolute atomic E-state index is 10.8. The van der Waals surface area contributed by atoms with Crippen molar-refractivity contribution >= 4 is 11.5 Å². The topological polar surface area (TPSA) is 82.5 Å². The zero-order chi connectivity index (χ0) is 17.2. The Morgan fingerprint density at radius 1 is 1.42 bits per heavy atom. The maximum Gasteiger partial charge on any atom is 0.256 e. The van der Waals surface area contributed by atoms with E-state index in [0.29, 0.717) is 23.8 Å². The van der Waals surface area contributed by atoms with Crippen LogP contribution in [-0.4, -0.2) is 24.0 Å². The van der Waals surface area contributed by atoms with Crippen molar-refractivity contribution in [3.05, 3.63) is 46.4 Å². The molecule has 0 fully saturated rings. The largest absolute Gasteiger partial charge is 0.351 e. The van der Waals surface area contributed by atoms with E-state index in [0.717, 1.165) is 19.4 Å². The van der Waals surface area contributed by atoms with E-state index in [9.17, 15) is 4.91 Å². The van der Waals surface area contributed by atoms with Gasteiger partial charge in [0.15, 0.2) is 0 Å². The third-order valence-corrected chi connectivity index (χ3v) is 4.90. The van der Waals surface area contributed by atoms with Crippen LogP contribution >= 0.6 is 0 Å². The zero-order valence-electron chi connectivity index (χ0n) is 14.4. The summed E-state index contributed by atoms with van der Waals surface area (Å²) in [5, 5.41) is 3.11. The smallest absolute Gasteiger partial charge is 0.256 e. The fourth-order valence-electron chi connectivity index (χ4n) is 3.28. The number of nitrogens with zero attached hydrogens (tertiary/aromatic N) is 2. The standard InChI is InChI=1S/C18H26N5O/c1-18(2)8-6-13(7-9-18)14-4-3-5-15(10-14)16-11-20-17(21-12-16)22-23(19)24/h3-6,10,16H,7-9,11-12H2,1-2H3,(H4,19,20,21,22,24)/q+1. The Hall–Kier alpha value is -2.37. The summed E-state index contributed by atoms with van der Waals surface area (Å²) in [4.78, 5) is 15.3. The van der Waals surface area contributed by atoms with Crippen LogP contribution < -0.4 is 16.6 Å². The molecule has 1 aromatic rings. The molecule has 0 saturated carbocycles. The molecule has 1 aliphatic carbocycles. The Balaban J connectivity index is 1.72. The third kappa shape index (κ3) is 3.93. The monoisotopic (exact) mass is 328 g/mol. The van der Waals surface area contributed by atoms with Crippen LogP contribution in [0.4, 0.5) is 0 Å². The molecule has 1 heterocycles. The molecule has 1 aromatic carbocycles. The van der Waals surface area contributed by atoms with Gasteiger partial charge >= 0.3 is 0 Å². The number of allylic oxidation sites excluding steroid dienone is 2. The molecule has 0 spiro atoms. The van der Waals surface area contributed by atoms with E-state index in [4.69, 9.17) is 5.84 Å². The summed E-state index contributed by atoms with van der Waals surface area (Å²) >= 11 is 0. The molecule has 0 saturated heterocycles. The molecule has 1 atom stereocenters. The predicted octanol–water partition coefficient (Wildman–Crippen LogP) is 2.48. The van der Waals surface area contributed by atoms with Crippen LogP contribution in [0.15, 0.2) is 35.3 Å². The summed E-state index contributed by atoms with van der Waals surface area (Å²) in [6, 6.07) is 8.76. The molecule has 0 amide bonds. The Kier molecular flexibility index (Phi) is 4.55. The Bertz CT molecular complexity index is 692. The first-order chi connectivity index (χ1) is 11.4. The van der Waals surface area contributed by atoms with E-state index in [-0.39, 0.29) is 4.98 Å². The van der Waals surface area contributed by atoms with Gasteiger partial charge in [0.2, 0.25) is 0 Å². The van der Waals surface area contributed by atoms with Gasteiger partial charge in [-0.05, 0) is 41.4 Å². The molecule has 1 aliphatic heterocycles. The van der Waals surface area contributed by atoms with Crippen LogP contribution in [0, 0.1) is 10.3 Å². The molecular weight excluding hydrogens is 302 g/mol. The molecule has 0 radical (unpaired) electrons. The molecule has 1 unspecified atom stereocenters. The first-order valence-electron chi connectivity index (χ1n) is 8.49. The number of hydrogen-bond donors (Lipinski definition) is 3. The van der Waals surface area contributed by atoms with Crippen molar-refractivity contribution in [2.24, 2.45) is 16.3 Å². The Morgan fingerprint density at radius 2 is 2.25 bits per heavy atom. The van der Waals surface area contributed by atoms with E-state index < -0.39 is 0 Å². The van der Waals surface area contributed by atoms with Crippen LogP contribution in [0.3, 0.4) is 0 Å². The predicted molar refractivity (Wildman–Crippen MR) is 96.0 cm³/mol. The van der Waals surface area contributed by atoms with Gasteiger partial charge in [0.05, 0.1) is 11.5 Å². The normalized spacial score (nSPS) is 22.8. The second-order valence-corrected chi connectivity index (χ2v) is 7.43. The highest BCUT2D eigenvalue weighted by molar-refractivity contribution is 5.79. The highest BCUT2D eigenvalue weighted by Gasteiger charge is 2.23. The summed E-state index contributed by atoms with van der Waals surface area (Å²) in [6.45, 7) is 6.03. The molecule has 128 valence electrons. The number of guanidine groups is 1. The summed E-state index contributed by atoms with van der Waals surface area (Å²) in [5.74, 6) is 5.76. The second kappa shape index (κ2) is 6.63. The van der Waals surface area contributed by atoms with Crippen LogP contribution in [0.2, 0.25) is 0 Å². The molecule has 0 bridgehead atoms. The fourth-order valence-corrected chi connectivity index (χ4v) is 3.28. The van der Waals surface area contributed by atoms with Gasteiger partial charge in [0, 0.05) is 12.5 Å². The van der Waals surface area contributed by atoms with Crippen molar-refractivity contribution in [3.8, 4) is 0 Å². The van der Waals surface area contributed by atoms with Crippen LogP contribution in [0.25, 0.3) is 5.57 Å². The molecule has 24 heavy (non-hydrogen) atoms. The van der Waals surface area contributed by atoms with Crippen molar-refractivity contribution < 1.29 is 4.98 Å². The van der Waals surface area contributed by atoms with Gasteiger partial charge in [0.25, 0.3) is 10.9 Å². The highest BCUT2D eigenvalue weighted by Crippen LogP contribution is 2.38. The van der Waals surface area contributed by atoms with Gasteiger partial charge in [0.1, 0.15) is 0 Å². The lowest BCUT2D eigenvalue weighted by Crippen LogP contribution is -2.48. The molecule has 2 aliphatic rings. The number of nitroso groups, excluding NO2 is 1. The van der Waals surface area contributed by atoms with Gasteiger partial charge in [-0.3, -0.25) is 0 Å². The lowest BCUT2D eigenvalue weighted by molar-refractivity contribution is -0.602. The Morgan fingerprint density at radius 3 is 2.88 bits per heavy atom. The van der Waals surface area contributed by atoms with Crippen molar-refractivity contribution in [2.45, 2.75) is 39.0 Å². The number of nitrogens with one attached hydrogen (secondary N) is 2. The summed E-state index contributed by atoms with van der Waals surface area (Å²) < 4.78 is 0. The van der Waals surface area contributed by atoms with E-state index in [1.807, 2.05) is 0 Å². The first-order valence-corrected chi connectivity index (χ1v) is 8.49. The molecule has 0 aromatic heterocycles. The lowest BCUT2D eigenvalue weighted by atomic mass is 9.77. The Labute approximate surface area is 142 Å². The fraction of sp³-hybridized carbons (Fsp3) is 0.500.